The second-order valence-corrected chi connectivity index (χ2v) is 5.20. The molecule has 0 aliphatic rings. The third-order valence-electron chi connectivity index (χ3n) is 2.67. The maximum absolute atomic E-state index is 6.01. The van der Waals surface area contributed by atoms with E-state index in [1.807, 2.05) is 29.1 Å². The molecule has 1 aromatic carbocycles. The van der Waals surface area contributed by atoms with Crippen molar-refractivity contribution >= 4 is 34.5 Å². The highest BCUT2D eigenvalue weighted by atomic mass is 35.5. The average molecular weight is 295 g/mol. The molecule has 1 unspecified atom stereocenters. The molecule has 6 heteroatoms. The lowest BCUT2D eigenvalue weighted by Gasteiger charge is -2.18. The summed E-state index contributed by atoms with van der Waals surface area (Å²) in [6.07, 6.45) is 3.68. The van der Waals surface area contributed by atoms with Crippen LogP contribution in [0.3, 0.4) is 0 Å². The fraction of sp³-hybridized carbons (Fsp3) is 0.231. The number of halogens is 1. The minimum Gasteiger partial charge on any atom is -0.389 e. The first-order valence-electron chi connectivity index (χ1n) is 5.89. The molecule has 0 aliphatic heterocycles. The summed E-state index contributed by atoms with van der Waals surface area (Å²) in [6.45, 7) is 2.81. The predicted molar refractivity (Wildman–Crippen MR) is 82.7 cm³/mol. The van der Waals surface area contributed by atoms with Gasteiger partial charge >= 0.3 is 0 Å². The number of aromatic nitrogens is 2. The number of nitrogens with zero attached hydrogens (tertiary/aromatic N) is 2. The molecule has 3 N–H and O–H groups in total. The molecule has 2 rings (SSSR count). The molecule has 0 spiro atoms. The molecule has 0 aliphatic carbocycles. The normalized spacial score (nSPS) is 12.1. The number of hydrogen-bond donors (Lipinski definition) is 2. The van der Waals surface area contributed by atoms with Crippen LogP contribution in [0, 0.1) is 0 Å². The summed E-state index contributed by atoms with van der Waals surface area (Å²) in [6, 6.07) is 7.50. The number of anilines is 1. The zero-order valence-corrected chi connectivity index (χ0v) is 12.1. The van der Waals surface area contributed by atoms with Gasteiger partial charge in [-0.15, -0.1) is 0 Å². The fourth-order valence-electron chi connectivity index (χ4n) is 1.85. The zero-order valence-electron chi connectivity index (χ0n) is 10.5. The van der Waals surface area contributed by atoms with Crippen LogP contribution in [0.15, 0.2) is 36.7 Å². The van der Waals surface area contributed by atoms with Gasteiger partial charge in [0.2, 0.25) is 0 Å². The summed E-state index contributed by atoms with van der Waals surface area (Å²) in [5, 5.41) is 8.18. The van der Waals surface area contributed by atoms with Gasteiger partial charge in [0.05, 0.1) is 6.54 Å². The van der Waals surface area contributed by atoms with Gasteiger partial charge in [0.15, 0.2) is 0 Å². The van der Waals surface area contributed by atoms with E-state index >= 15 is 0 Å². The van der Waals surface area contributed by atoms with Gasteiger partial charge in [-0.1, -0.05) is 23.8 Å². The van der Waals surface area contributed by atoms with Crippen molar-refractivity contribution in [3.8, 4) is 0 Å². The van der Waals surface area contributed by atoms with E-state index in [1.54, 1.807) is 12.3 Å². The van der Waals surface area contributed by atoms with E-state index in [1.165, 1.54) is 0 Å². The Morgan fingerprint density at radius 3 is 3.00 bits per heavy atom. The van der Waals surface area contributed by atoms with Crippen LogP contribution < -0.4 is 11.1 Å². The van der Waals surface area contributed by atoms with Gasteiger partial charge in [0.25, 0.3) is 0 Å². The van der Waals surface area contributed by atoms with E-state index < -0.39 is 0 Å². The lowest BCUT2D eigenvalue weighted by Crippen LogP contribution is -2.24. The van der Waals surface area contributed by atoms with E-state index in [-0.39, 0.29) is 6.04 Å². The van der Waals surface area contributed by atoms with Gasteiger partial charge in [-0.3, -0.25) is 4.68 Å². The lowest BCUT2D eigenvalue weighted by molar-refractivity contribution is 0.561. The van der Waals surface area contributed by atoms with Gasteiger partial charge in [0, 0.05) is 34.7 Å². The van der Waals surface area contributed by atoms with Crippen molar-refractivity contribution in [3.05, 3.63) is 47.2 Å². The van der Waals surface area contributed by atoms with Crippen LogP contribution in [0.1, 0.15) is 12.5 Å². The number of thiocarbonyl (C=S) groups is 1. The lowest BCUT2D eigenvalue weighted by atomic mass is 10.1. The number of rotatable bonds is 5. The highest BCUT2D eigenvalue weighted by Crippen LogP contribution is 2.22. The van der Waals surface area contributed by atoms with Gasteiger partial charge in [-0.2, -0.15) is 5.10 Å². The standard InChI is InChI=1S/C13H15ClN4S/c1-9(8-18-6-2-5-16-18)17-12-7-10(14)3-4-11(12)13(15)19/h2-7,9,17H,8H2,1H3,(H2,15,19). The van der Waals surface area contributed by atoms with Gasteiger partial charge in [0.1, 0.15) is 4.99 Å². The quantitative estimate of drug-likeness (QED) is 0.833. The first-order valence-corrected chi connectivity index (χ1v) is 6.68. The molecule has 0 amide bonds. The van der Waals surface area contributed by atoms with Crippen LogP contribution in [0.2, 0.25) is 5.02 Å². The van der Waals surface area contributed by atoms with Crippen LogP contribution in [0.4, 0.5) is 5.69 Å². The van der Waals surface area contributed by atoms with E-state index in [0.717, 1.165) is 17.8 Å². The van der Waals surface area contributed by atoms with Crippen LogP contribution in [0.25, 0.3) is 0 Å². The Balaban J connectivity index is 2.13. The Bertz CT molecular complexity index is 568. The Morgan fingerprint density at radius 1 is 1.58 bits per heavy atom. The molecule has 100 valence electrons. The molecule has 0 radical (unpaired) electrons. The molecule has 0 saturated carbocycles. The highest BCUT2D eigenvalue weighted by Gasteiger charge is 2.09. The predicted octanol–water partition coefficient (Wildman–Crippen LogP) is 2.67. The highest BCUT2D eigenvalue weighted by molar-refractivity contribution is 7.80. The van der Waals surface area contributed by atoms with Crippen molar-refractivity contribution in [2.24, 2.45) is 5.73 Å². The first-order chi connectivity index (χ1) is 9.06. The molecular weight excluding hydrogens is 280 g/mol. The molecular formula is C13H15ClN4S. The summed E-state index contributed by atoms with van der Waals surface area (Å²) in [5.41, 5.74) is 7.35. The Morgan fingerprint density at radius 2 is 2.37 bits per heavy atom. The van der Waals surface area contributed by atoms with E-state index in [4.69, 9.17) is 29.6 Å². The van der Waals surface area contributed by atoms with Gasteiger partial charge < -0.3 is 11.1 Å². The SMILES string of the molecule is CC(Cn1cccn1)Nc1cc(Cl)ccc1C(N)=S. The minimum atomic E-state index is 0.173. The molecule has 1 atom stereocenters. The van der Waals surface area contributed by atoms with Gasteiger partial charge in [-0.05, 0) is 31.2 Å². The monoisotopic (exact) mass is 294 g/mol. The topological polar surface area (TPSA) is 55.9 Å². The smallest absolute Gasteiger partial charge is 0.106 e. The van der Waals surface area contributed by atoms with Gasteiger partial charge in [-0.25, -0.2) is 0 Å². The van der Waals surface area contributed by atoms with Crippen molar-refractivity contribution in [2.75, 3.05) is 5.32 Å². The van der Waals surface area contributed by atoms with Crippen LogP contribution in [0.5, 0.6) is 0 Å². The molecule has 4 nitrogen and oxygen atoms in total. The number of nitrogens with two attached hydrogens (primary N) is 1. The van der Waals surface area contributed by atoms with Crippen molar-refractivity contribution in [3.63, 3.8) is 0 Å². The third kappa shape index (κ3) is 3.68. The first kappa shape index (κ1) is 13.8. The third-order valence-corrected chi connectivity index (χ3v) is 3.12. The summed E-state index contributed by atoms with van der Waals surface area (Å²) in [5.74, 6) is 0. The van der Waals surface area contributed by atoms with Crippen LogP contribution >= 0.6 is 23.8 Å². The minimum absolute atomic E-state index is 0.173. The summed E-state index contributed by atoms with van der Waals surface area (Å²) in [7, 11) is 0. The summed E-state index contributed by atoms with van der Waals surface area (Å²) < 4.78 is 1.86. The van der Waals surface area contributed by atoms with Crippen molar-refractivity contribution in [1.29, 1.82) is 0 Å². The van der Waals surface area contributed by atoms with Crippen molar-refractivity contribution < 1.29 is 0 Å². The molecule has 0 fully saturated rings. The van der Waals surface area contributed by atoms with E-state index in [9.17, 15) is 0 Å². The molecule has 2 aromatic rings. The maximum atomic E-state index is 6.01. The second kappa shape index (κ2) is 6.04. The molecule has 1 aromatic heterocycles. The Kier molecular flexibility index (Phi) is 4.39. The Labute approximate surface area is 122 Å². The summed E-state index contributed by atoms with van der Waals surface area (Å²) in [4.78, 5) is 0.352. The van der Waals surface area contributed by atoms with Crippen LogP contribution in [-0.4, -0.2) is 20.8 Å². The Hall–Kier alpha value is -1.59. The zero-order chi connectivity index (χ0) is 13.8. The fourth-order valence-corrected chi connectivity index (χ4v) is 2.20. The van der Waals surface area contributed by atoms with Crippen molar-refractivity contribution in [2.45, 2.75) is 19.5 Å². The van der Waals surface area contributed by atoms with Crippen molar-refractivity contribution in [1.82, 2.24) is 9.78 Å². The molecule has 1 heterocycles. The van der Waals surface area contributed by atoms with Crippen LogP contribution in [-0.2, 0) is 6.54 Å². The molecule has 19 heavy (non-hydrogen) atoms. The summed E-state index contributed by atoms with van der Waals surface area (Å²) >= 11 is 11.0. The van der Waals surface area contributed by atoms with E-state index in [2.05, 4.69) is 17.3 Å². The maximum Gasteiger partial charge on any atom is 0.106 e. The largest absolute Gasteiger partial charge is 0.389 e. The number of benzene rings is 1. The number of nitrogens with one attached hydrogen (secondary N) is 1. The number of hydrogen-bond acceptors (Lipinski definition) is 3. The molecule has 0 saturated heterocycles. The second-order valence-electron chi connectivity index (χ2n) is 4.33. The average Bonchev–Trinajstić information content (AvgIpc) is 2.81. The molecule has 0 bridgehead atoms. The van der Waals surface area contributed by atoms with E-state index in [0.29, 0.717) is 10.0 Å².